The zero-order valence-electron chi connectivity index (χ0n) is 24.4. The molecule has 0 amide bonds. The SMILES string of the molecule is N=C(N)NCCC[C@H](N)C(=O)OC[C@@]1(O[C@H]2O[C@H](CO)[C@@H](O)[C@H](O)[C@H]2O)O[C@H](CO)[C@@H](O)[C@@H]1OC(=O)[C@@H](N)Cc1ccccc1. The summed E-state index contributed by atoms with van der Waals surface area (Å²) >= 11 is 0. The Morgan fingerprint density at radius 1 is 0.956 bits per heavy atom. The van der Waals surface area contributed by atoms with Gasteiger partial charge in [0, 0.05) is 6.54 Å². The molecule has 0 radical (unpaired) electrons. The molecule has 0 spiro atoms. The Balaban J connectivity index is 1.87. The summed E-state index contributed by atoms with van der Waals surface area (Å²) in [5.74, 6) is -4.77. The minimum atomic E-state index is -2.49. The number of carbonyl (C=O) groups excluding carboxylic acids is 2. The van der Waals surface area contributed by atoms with E-state index in [1.54, 1.807) is 30.3 Å². The maximum Gasteiger partial charge on any atom is 0.323 e. The van der Waals surface area contributed by atoms with E-state index in [1.807, 2.05) is 0 Å². The van der Waals surface area contributed by atoms with E-state index in [0.717, 1.165) is 0 Å². The van der Waals surface area contributed by atoms with Gasteiger partial charge in [-0.3, -0.25) is 15.0 Å². The molecule has 0 bridgehead atoms. The van der Waals surface area contributed by atoms with Crippen molar-refractivity contribution in [1.29, 1.82) is 5.41 Å². The van der Waals surface area contributed by atoms with Gasteiger partial charge in [-0.1, -0.05) is 30.3 Å². The summed E-state index contributed by atoms with van der Waals surface area (Å²) in [6.07, 6.45) is -13.6. The molecule has 1 aromatic carbocycles. The number of guanidine groups is 1. The van der Waals surface area contributed by atoms with Crippen LogP contribution in [0.2, 0.25) is 0 Å². The number of aliphatic hydroxyl groups excluding tert-OH is 6. The standard InChI is InChI=1S/C27H43N5O13/c28-14(7-4-8-32-26(30)31)23(39)41-12-27(45-25-21(38)20(37)18(35)16(10-33)42-25)22(19(36)17(11-34)44-27)43-24(40)15(29)9-13-5-2-1-3-6-13/h1-3,5-6,14-22,25,33-38H,4,7-12,28-29H2,(H4,30,31,32)/t14-,15-,16+,17+,18+,19+,20-,21+,22-,25+,27-/m0/s1. The molecule has 18 heteroatoms. The van der Waals surface area contributed by atoms with Gasteiger partial charge < -0.3 is 76.8 Å². The van der Waals surface area contributed by atoms with Crippen molar-refractivity contribution in [2.24, 2.45) is 17.2 Å². The van der Waals surface area contributed by atoms with Crippen LogP contribution in [0.3, 0.4) is 0 Å². The summed E-state index contributed by atoms with van der Waals surface area (Å²) in [4.78, 5) is 26.0. The van der Waals surface area contributed by atoms with E-state index in [1.165, 1.54) is 0 Å². The monoisotopic (exact) mass is 645 g/mol. The van der Waals surface area contributed by atoms with E-state index in [0.29, 0.717) is 12.0 Å². The zero-order valence-corrected chi connectivity index (χ0v) is 24.4. The molecule has 0 unspecified atom stereocenters. The number of ether oxygens (including phenoxy) is 5. The van der Waals surface area contributed by atoms with Crippen LogP contribution in [0.25, 0.3) is 0 Å². The van der Waals surface area contributed by atoms with Gasteiger partial charge in [0.1, 0.15) is 55.3 Å². The Morgan fingerprint density at radius 3 is 2.24 bits per heavy atom. The number of aliphatic hydroxyl groups is 6. The van der Waals surface area contributed by atoms with Crippen LogP contribution < -0.4 is 22.5 Å². The molecule has 0 saturated carbocycles. The summed E-state index contributed by atoms with van der Waals surface area (Å²) in [6.45, 7) is -2.34. The number of carbonyl (C=O) groups is 2. The number of rotatable bonds is 15. The molecule has 2 saturated heterocycles. The first-order valence-corrected chi connectivity index (χ1v) is 14.3. The molecular weight excluding hydrogens is 602 g/mol. The lowest BCUT2D eigenvalue weighted by atomic mass is 9.99. The molecule has 18 nitrogen and oxygen atoms in total. The average Bonchev–Trinajstić information content (AvgIpc) is 3.28. The van der Waals surface area contributed by atoms with E-state index in [2.05, 4.69) is 5.32 Å². The van der Waals surface area contributed by atoms with Crippen LogP contribution in [-0.2, 0) is 39.7 Å². The van der Waals surface area contributed by atoms with Crippen molar-refractivity contribution in [3.8, 4) is 0 Å². The van der Waals surface area contributed by atoms with Gasteiger partial charge in [0.05, 0.1) is 13.2 Å². The lowest BCUT2D eigenvalue weighted by Crippen LogP contribution is -2.63. The van der Waals surface area contributed by atoms with Crippen LogP contribution in [0, 0.1) is 5.41 Å². The van der Waals surface area contributed by atoms with Gasteiger partial charge in [-0.2, -0.15) is 0 Å². The molecule has 14 N–H and O–H groups in total. The average molecular weight is 646 g/mol. The topological polar surface area (TPSA) is 316 Å². The summed E-state index contributed by atoms with van der Waals surface area (Å²) in [6, 6.07) is 6.27. The van der Waals surface area contributed by atoms with Gasteiger partial charge in [0.15, 0.2) is 18.4 Å². The molecule has 0 aromatic heterocycles. The second-order valence-electron chi connectivity index (χ2n) is 10.8. The quantitative estimate of drug-likeness (QED) is 0.0367. The second-order valence-corrected chi connectivity index (χ2v) is 10.8. The highest BCUT2D eigenvalue weighted by Gasteiger charge is 2.62. The minimum Gasteiger partial charge on any atom is -0.459 e. The fraction of sp³-hybridized carbons (Fsp3) is 0.667. The molecule has 11 atom stereocenters. The molecule has 2 aliphatic heterocycles. The number of nitrogens with two attached hydrogens (primary N) is 3. The van der Waals surface area contributed by atoms with E-state index in [-0.39, 0.29) is 25.3 Å². The van der Waals surface area contributed by atoms with Crippen LogP contribution in [0.15, 0.2) is 30.3 Å². The summed E-state index contributed by atoms with van der Waals surface area (Å²) in [5, 5.41) is 71.4. The lowest BCUT2D eigenvalue weighted by Gasteiger charge is -2.44. The van der Waals surface area contributed by atoms with Crippen molar-refractivity contribution < 1.29 is 63.9 Å². The fourth-order valence-electron chi connectivity index (χ4n) is 4.86. The smallest absolute Gasteiger partial charge is 0.323 e. The number of benzene rings is 1. The first-order chi connectivity index (χ1) is 21.3. The van der Waals surface area contributed by atoms with E-state index in [9.17, 15) is 40.2 Å². The van der Waals surface area contributed by atoms with Gasteiger partial charge in [0.25, 0.3) is 0 Å². The third-order valence-corrected chi connectivity index (χ3v) is 7.39. The van der Waals surface area contributed by atoms with Crippen LogP contribution in [0.1, 0.15) is 18.4 Å². The van der Waals surface area contributed by atoms with Crippen molar-refractivity contribution >= 4 is 17.9 Å². The Kier molecular flexibility index (Phi) is 13.4. The van der Waals surface area contributed by atoms with Crippen molar-refractivity contribution in [2.45, 2.75) is 86.2 Å². The third kappa shape index (κ3) is 9.27. The van der Waals surface area contributed by atoms with Crippen LogP contribution in [0.4, 0.5) is 0 Å². The van der Waals surface area contributed by atoms with Gasteiger partial charge in [0.2, 0.25) is 5.79 Å². The van der Waals surface area contributed by atoms with Crippen LogP contribution in [-0.4, -0.2) is 142 Å². The minimum absolute atomic E-state index is 0.0374. The molecule has 45 heavy (non-hydrogen) atoms. The van der Waals surface area contributed by atoms with Crippen molar-refractivity contribution in [3.63, 3.8) is 0 Å². The van der Waals surface area contributed by atoms with Gasteiger partial charge >= 0.3 is 11.9 Å². The fourth-order valence-corrected chi connectivity index (χ4v) is 4.86. The summed E-state index contributed by atoms with van der Waals surface area (Å²) < 4.78 is 27.9. The Hall–Kier alpha value is -3.01. The maximum atomic E-state index is 13.1. The summed E-state index contributed by atoms with van der Waals surface area (Å²) in [5.41, 5.74) is 17.9. The maximum absolute atomic E-state index is 13.1. The number of hydrogen-bond donors (Lipinski definition) is 11. The zero-order chi connectivity index (χ0) is 33.3. The predicted molar refractivity (Wildman–Crippen MR) is 152 cm³/mol. The molecule has 2 aliphatic rings. The number of nitrogens with one attached hydrogen (secondary N) is 2. The Bertz CT molecular complexity index is 1120. The highest BCUT2D eigenvalue weighted by Crippen LogP contribution is 2.38. The number of hydrogen-bond acceptors (Lipinski definition) is 16. The molecule has 254 valence electrons. The predicted octanol–water partition coefficient (Wildman–Crippen LogP) is -5.13. The molecule has 2 heterocycles. The molecule has 2 fully saturated rings. The highest BCUT2D eigenvalue weighted by molar-refractivity contribution is 5.77. The molecule has 3 rings (SSSR count). The van der Waals surface area contributed by atoms with Gasteiger partial charge in [-0.25, -0.2) is 0 Å². The normalized spacial score (nSPS) is 32.8. The number of esters is 2. The Morgan fingerprint density at radius 2 is 1.62 bits per heavy atom. The van der Waals surface area contributed by atoms with Crippen molar-refractivity contribution in [2.75, 3.05) is 26.4 Å². The van der Waals surface area contributed by atoms with Crippen molar-refractivity contribution in [1.82, 2.24) is 5.32 Å². The molecular formula is C27H43N5O13. The van der Waals surface area contributed by atoms with E-state index < -0.39 is 98.6 Å². The largest absolute Gasteiger partial charge is 0.459 e. The molecule has 0 aliphatic carbocycles. The van der Waals surface area contributed by atoms with Crippen molar-refractivity contribution in [3.05, 3.63) is 35.9 Å². The highest BCUT2D eigenvalue weighted by atomic mass is 16.8. The molecule has 1 aromatic rings. The lowest BCUT2D eigenvalue weighted by molar-refractivity contribution is -0.384. The second kappa shape index (κ2) is 16.5. The van der Waals surface area contributed by atoms with Gasteiger partial charge in [-0.05, 0) is 24.8 Å². The van der Waals surface area contributed by atoms with E-state index in [4.69, 9.17) is 46.3 Å². The first-order valence-electron chi connectivity index (χ1n) is 14.3. The van der Waals surface area contributed by atoms with Crippen LogP contribution >= 0.6 is 0 Å². The van der Waals surface area contributed by atoms with Crippen LogP contribution in [0.5, 0.6) is 0 Å². The van der Waals surface area contributed by atoms with Gasteiger partial charge in [-0.15, -0.1) is 0 Å². The van der Waals surface area contributed by atoms with E-state index >= 15 is 0 Å². The first kappa shape index (κ1) is 36.5. The third-order valence-electron chi connectivity index (χ3n) is 7.39. The Labute approximate surface area is 258 Å². The summed E-state index contributed by atoms with van der Waals surface area (Å²) in [7, 11) is 0.